The Hall–Kier alpha value is -0.290. The molecule has 3 heteroatoms. The van der Waals surface area contributed by atoms with E-state index in [1.165, 1.54) is 9.26 Å². The molecule has 0 radical (unpaired) electrons. The van der Waals surface area contributed by atoms with Gasteiger partial charge in [0.15, 0.2) is 0 Å². The van der Waals surface area contributed by atoms with Gasteiger partial charge in [0, 0.05) is 22.3 Å². The third-order valence-electron chi connectivity index (χ3n) is 2.34. The van der Waals surface area contributed by atoms with E-state index in [4.69, 9.17) is 0 Å². The summed E-state index contributed by atoms with van der Waals surface area (Å²) in [6.07, 6.45) is 0.753. The Labute approximate surface area is 91.7 Å². The quantitative estimate of drug-likeness (QED) is 0.798. The van der Waals surface area contributed by atoms with Gasteiger partial charge in [0.2, 0.25) is 0 Å². The number of nitrogens with zero attached hydrogens (tertiary/aromatic N) is 1. The van der Waals surface area contributed by atoms with Crippen molar-refractivity contribution in [3.63, 3.8) is 0 Å². The minimum Gasteiger partial charge on any atom is -0.391 e. The normalized spacial score (nSPS) is 22.3. The minimum absolute atomic E-state index is 0.141. The Morgan fingerprint density at radius 1 is 1.46 bits per heavy atom. The molecule has 0 aliphatic carbocycles. The van der Waals surface area contributed by atoms with Crippen LogP contribution in [0.25, 0.3) is 0 Å². The second kappa shape index (κ2) is 3.84. The molecule has 1 heterocycles. The highest BCUT2D eigenvalue weighted by atomic mass is 127. The van der Waals surface area contributed by atoms with E-state index < -0.39 is 0 Å². The van der Waals surface area contributed by atoms with Gasteiger partial charge < -0.3 is 10.0 Å². The van der Waals surface area contributed by atoms with Crippen LogP contribution in [0.2, 0.25) is 0 Å². The smallest absolute Gasteiger partial charge is 0.0731 e. The summed E-state index contributed by atoms with van der Waals surface area (Å²) in [5.41, 5.74) is 1.23. The van der Waals surface area contributed by atoms with Crippen molar-refractivity contribution in [1.82, 2.24) is 0 Å². The van der Waals surface area contributed by atoms with Crippen LogP contribution in [0.15, 0.2) is 24.3 Å². The highest BCUT2D eigenvalue weighted by Crippen LogP contribution is 2.21. The molecule has 0 unspecified atom stereocenters. The first kappa shape index (κ1) is 9.27. The number of hydrogen-bond acceptors (Lipinski definition) is 2. The zero-order chi connectivity index (χ0) is 9.26. The maximum absolute atomic E-state index is 9.39. The number of anilines is 1. The maximum atomic E-state index is 9.39. The molecule has 2 nitrogen and oxygen atoms in total. The van der Waals surface area contributed by atoms with Crippen LogP contribution >= 0.6 is 22.6 Å². The van der Waals surface area contributed by atoms with Gasteiger partial charge in [-0.1, -0.05) is 6.07 Å². The van der Waals surface area contributed by atoms with Gasteiger partial charge in [-0.3, -0.25) is 0 Å². The Morgan fingerprint density at radius 3 is 2.92 bits per heavy atom. The van der Waals surface area contributed by atoms with Gasteiger partial charge in [-0.15, -0.1) is 0 Å². The predicted octanol–water partition coefficient (Wildman–Crippen LogP) is 1.86. The van der Waals surface area contributed by atoms with E-state index in [0.29, 0.717) is 0 Å². The van der Waals surface area contributed by atoms with Crippen LogP contribution in [0.1, 0.15) is 6.42 Å². The number of benzene rings is 1. The first-order valence-corrected chi connectivity index (χ1v) is 5.52. The first-order valence-electron chi connectivity index (χ1n) is 4.44. The lowest BCUT2D eigenvalue weighted by atomic mass is 10.3. The number of β-amino-alcohol motifs (C(OH)–C–C–N with tert-alkyl or cyclic N) is 1. The molecule has 0 spiro atoms. The third-order valence-corrected chi connectivity index (χ3v) is 3.01. The summed E-state index contributed by atoms with van der Waals surface area (Å²) < 4.78 is 1.25. The monoisotopic (exact) mass is 289 g/mol. The molecule has 1 atom stereocenters. The Bertz CT molecular complexity index is 303. The summed E-state index contributed by atoms with van der Waals surface area (Å²) in [6.45, 7) is 1.75. The van der Waals surface area contributed by atoms with Gasteiger partial charge in [-0.25, -0.2) is 0 Å². The average molecular weight is 289 g/mol. The van der Waals surface area contributed by atoms with Crippen molar-refractivity contribution in [3.8, 4) is 0 Å². The van der Waals surface area contributed by atoms with Crippen LogP contribution in [0.4, 0.5) is 5.69 Å². The molecule has 1 aliphatic heterocycles. The van der Waals surface area contributed by atoms with E-state index in [-0.39, 0.29) is 6.10 Å². The summed E-state index contributed by atoms with van der Waals surface area (Å²) in [7, 11) is 0. The van der Waals surface area contributed by atoms with E-state index in [9.17, 15) is 5.11 Å². The molecule has 1 fully saturated rings. The van der Waals surface area contributed by atoms with Crippen LogP contribution in [0, 0.1) is 3.57 Å². The van der Waals surface area contributed by atoms with Crippen LogP contribution < -0.4 is 4.90 Å². The van der Waals surface area contributed by atoms with Gasteiger partial charge in [0.1, 0.15) is 0 Å². The molecule has 13 heavy (non-hydrogen) atoms. The van der Waals surface area contributed by atoms with Crippen molar-refractivity contribution in [3.05, 3.63) is 27.8 Å². The maximum Gasteiger partial charge on any atom is 0.0731 e. The van der Waals surface area contributed by atoms with Crippen molar-refractivity contribution in [2.75, 3.05) is 18.0 Å². The van der Waals surface area contributed by atoms with Crippen molar-refractivity contribution >= 4 is 28.3 Å². The largest absolute Gasteiger partial charge is 0.391 e. The predicted molar refractivity (Wildman–Crippen MR) is 62.0 cm³/mol. The number of aliphatic hydroxyl groups excluding tert-OH is 1. The number of hydrogen-bond donors (Lipinski definition) is 1. The van der Waals surface area contributed by atoms with Crippen molar-refractivity contribution in [2.24, 2.45) is 0 Å². The fraction of sp³-hybridized carbons (Fsp3) is 0.400. The molecule has 70 valence electrons. The lowest BCUT2D eigenvalue weighted by Gasteiger charge is -2.17. The molecule has 1 aromatic rings. The van der Waals surface area contributed by atoms with Gasteiger partial charge in [-0.05, 0) is 47.2 Å². The lowest BCUT2D eigenvalue weighted by molar-refractivity contribution is 0.198. The van der Waals surface area contributed by atoms with Crippen LogP contribution in [0.5, 0.6) is 0 Å². The molecule has 1 saturated heterocycles. The SMILES string of the molecule is O[C@H]1CCN(c2cccc(I)c2)C1. The molecule has 1 N–H and O–H groups in total. The number of rotatable bonds is 1. The highest BCUT2D eigenvalue weighted by molar-refractivity contribution is 14.1. The molecule has 1 aromatic carbocycles. The average Bonchev–Trinajstić information content (AvgIpc) is 2.52. The van der Waals surface area contributed by atoms with Gasteiger partial charge in [0.05, 0.1) is 6.10 Å². The molecule has 2 rings (SSSR count). The zero-order valence-electron chi connectivity index (χ0n) is 7.28. The van der Waals surface area contributed by atoms with Crippen LogP contribution in [-0.2, 0) is 0 Å². The Morgan fingerprint density at radius 2 is 2.31 bits per heavy atom. The second-order valence-corrected chi connectivity index (χ2v) is 4.61. The second-order valence-electron chi connectivity index (χ2n) is 3.37. The lowest BCUT2D eigenvalue weighted by Crippen LogP contribution is -2.20. The highest BCUT2D eigenvalue weighted by Gasteiger charge is 2.19. The molecule has 1 aliphatic rings. The topological polar surface area (TPSA) is 23.5 Å². The van der Waals surface area contributed by atoms with E-state index >= 15 is 0 Å². The summed E-state index contributed by atoms with van der Waals surface area (Å²) >= 11 is 2.31. The van der Waals surface area contributed by atoms with Gasteiger partial charge >= 0.3 is 0 Å². The van der Waals surface area contributed by atoms with Crippen LogP contribution in [-0.4, -0.2) is 24.3 Å². The summed E-state index contributed by atoms with van der Waals surface area (Å²) in [6, 6.07) is 8.39. The van der Waals surface area contributed by atoms with E-state index in [0.717, 1.165) is 19.5 Å². The van der Waals surface area contributed by atoms with Crippen LogP contribution in [0.3, 0.4) is 0 Å². The Balaban J connectivity index is 2.16. The molecule has 0 bridgehead atoms. The summed E-state index contributed by atoms with van der Waals surface area (Å²) in [5, 5.41) is 9.39. The standard InChI is InChI=1S/C10H12INO/c11-8-2-1-3-9(6-8)12-5-4-10(13)7-12/h1-3,6,10,13H,4-5,7H2/t10-/m0/s1. The number of halogens is 1. The molecular weight excluding hydrogens is 277 g/mol. The minimum atomic E-state index is -0.141. The van der Waals surface area contributed by atoms with Crippen molar-refractivity contribution in [2.45, 2.75) is 12.5 Å². The number of aliphatic hydroxyl groups is 1. The van der Waals surface area contributed by atoms with Crippen molar-refractivity contribution in [1.29, 1.82) is 0 Å². The first-order chi connectivity index (χ1) is 6.25. The van der Waals surface area contributed by atoms with Crippen molar-refractivity contribution < 1.29 is 5.11 Å². The molecule has 0 aromatic heterocycles. The van der Waals surface area contributed by atoms with E-state index in [1.807, 2.05) is 0 Å². The zero-order valence-corrected chi connectivity index (χ0v) is 9.44. The fourth-order valence-corrected chi connectivity index (χ4v) is 2.18. The fourth-order valence-electron chi connectivity index (χ4n) is 1.65. The Kier molecular flexibility index (Phi) is 2.74. The molecule has 0 saturated carbocycles. The van der Waals surface area contributed by atoms with E-state index in [1.54, 1.807) is 0 Å². The molecule has 0 amide bonds. The molecular formula is C10H12INO. The summed E-state index contributed by atoms with van der Waals surface area (Å²) in [4.78, 5) is 2.23. The van der Waals surface area contributed by atoms with Gasteiger partial charge in [-0.2, -0.15) is 0 Å². The third kappa shape index (κ3) is 2.14. The van der Waals surface area contributed by atoms with E-state index in [2.05, 4.69) is 51.8 Å². The summed E-state index contributed by atoms with van der Waals surface area (Å²) in [5.74, 6) is 0. The van der Waals surface area contributed by atoms with Gasteiger partial charge in [0.25, 0.3) is 0 Å².